The van der Waals surface area contributed by atoms with Gasteiger partial charge in [-0.05, 0) is 36.1 Å². The van der Waals surface area contributed by atoms with Crippen molar-refractivity contribution in [2.24, 2.45) is 5.92 Å². The van der Waals surface area contributed by atoms with Crippen molar-refractivity contribution >= 4 is 22.5 Å². The molecular formula is C14H16ClNO. The summed E-state index contributed by atoms with van der Waals surface area (Å²) in [5, 5.41) is 11.7. The van der Waals surface area contributed by atoms with Gasteiger partial charge in [0.1, 0.15) is 0 Å². The van der Waals surface area contributed by atoms with E-state index >= 15 is 0 Å². The Morgan fingerprint density at radius 3 is 2.76 bits per heavy atom. The van der Waals surface area contributed by atoms with Gasteiger partial charge in [-0.15, -0.1) is 0 Å². The van der Waals surface area contributed by atoms with Crippen molar-refractivity contribution in [3.8, 4) is 0 Å². The molecule has 0 bridgehead atoms. The van der Waals surface area contributed by atoms with Crippen molar-refractivity contribution in [1.82, 2.24) is 4.98 Å². The van der Waals surface area contributed by atoms with Crippen LogP contribution in [0, 0.1) is 5.92 Å². The van der Waals surface area contributed by atoms with Crippen LogP contribution in [0.3, 0.4) is 0 Å². The molecule has 1 aromatic carbocycles. The topological polar surface area (TPSA) is 33.1 Å². The van der Waals surface area contributed by atoms with Gasteiger partial charge in [0, 0.05) is 16.6 Å². The lowest BCUT2D eigenvalue weighted by Crippen LogP contribution is -2.17. The van der Waals surface area contributed by atoms with Gasteiger partial charge in [0.2, 0.25) is 0 Å². The van der Waals surface area contributed by atoms with Crippen LogP contribution in [0.25, 0.3) is 10.9 Å². The molecule has 0 radical (unpaired) electrons. The normalized spacial score (nSPS) is 13.2. The van der Waals surface area contributed by atoms with Crippen LogP contribution in [0.2, 0.25) is 5.02 Å². The zero-order chi connectivity index (χ0) is 12.4. The van der Waals surface area contributed by atoms with Crippen molar-refractivity contribution in [1.29, 1.82) is 0 Å². The number of aliphatic hydroxyl groups excluding tert-OH is 1. The molecule has 90 valence electrons. The van der Waals surface area contributed by atoms with Crippen LogP contribution in [0.1, 0.15) is 19.4 Å². The number of benzene rings is 1. The molecule has 1 N–H and O–H groups in total. The monoisotopic (exact) mass is 249 g/mol. The Labute approximate surface area is 106 Å². The summed E-state index contributed by atoms with van der Waals surface area (Å²) >= 11 is 5.94. The summed E-state index contributed by atoms with van der Waals surface area (Å²) in [7, 11) is 0. The van der Waals surface area contributed by atoms with Crippen LogP contribution in [-0.4, -0.2) is 16.2 Å². The van der Waals surface area contributed by atoms with Gasteiger partial charge in [0.05, 0.1) is 11.6 Å². The molecule has 0 fully saturated rings. The van der Waals surface area contributed by atoms with Crippen LogP contribution >= 0.6 is 11.6 Å². The van der Waals surface area contributed by atoms with Gasteiger partial charge in [-0.3, -0.25) is 4.98 Å². The number of fused-ring (bicyclic) bond motifs is 1. The second-order valence-corrected chi connectivity index (χ2v) is 5.08. The van der Waals surface area contributed by atoms with Gasteiger partial charge >= 0.3 is 0 Å². The highest BCUT2D eigenvalue weighted by atomic mass is 35.5. The fourth-order valence-corrected chi connectivity index (χ4v) is 1.99. The Morgan fingerprint density at radius 1 is 1.29 bits per heavy atom. The van der Waals surface area contributed by atoms with Crippen molar-refractivity contribution < 1.29 is 5.11 Å². The molecule has 1 aromatic heterocycles. The lowest BCUT2D eigenvalue weighted by molar-refractivity contribution is 0.126. The fraction of sp³-hybridized carbons (Fsp3) is 0.357. The molecule has 0 saturated carbocycles. The highest BCUT2D eigenvalue weighted by Crippen LogP contribution is 2.22. The Hall–Kier alpha value is -1.12. The molecule has 2 nitrogen and oxygen atoms in total. The number of hydrogen-bond donors (Lipinski definition) is 1. The summed E-state index contributed by atoms with van der Waals surface area (Å²) in [4.78, 5) is 4.29. The summed E-state index contributed by atoms with van der Waals surface area (Å²) in [6, 6.07) is 7.63. The molecule has 0 amide bonds. The standard InChI is InChI=1S/C14H16ClNO/c1-9(2)14(17)7-10-5-6-16-13-8-11(15)3-4-12(10)13/h3-6,8-9,14,17H,7H2,1-2H3. The van der Waals surface area contributed by atoms with E-state index in [1.54, 1.807) is 6.20 Å². The number of aromatic nitrogens is 1. The lowest BCUT2D eigenvalue weighted by atomic mass is 9.97. The van der Waals surface area contributed by atoms with E-state index in [1.165, 1.54) is 0 Å². The quantitative estimate of drug-likeness (QED) is 0.904. The maximum atomic E-state index is 9.95. The van der Waals surface area contributed by atoms with Crippen LogP contribution in [0.4, 0.5) is 0 Å². The minimum Gasteiger partial charge on any atom is -0.393 e. The minimum atomic E-state index is -0.323. The first-order valence-corrected chi connectivity index (χ1v) is 6.17. The third-order valence-corrected chi connectivity index (χ3v) is 3.23. The van der Waals surface area contributed by atoms with Crippen molar-refractivity contribution in [3.63, 3.8) is 0 Å². The van der Waals surface area contributed by atoms with E-state index in [0.717, 1.165) is 16.5 Å². The minimum absolute atomic E-state index is 0.255. The third kappa shape index (κ3) is 2.76. The Kier molecular flexibility index (Phi) is 3.65. The number of aliphatic hydroxyl groups is 1. The van der Waals surface area contributed by atoms with Crippen LogP contribution < -0.4 is 0 Å². The Bertz CT molecular complexity index is 525. The molecule has 2 aromatic rings. The van der Waals surface area contributed by atoms with Crippen LogP contribution in [-0.2, 0) is 6.42 Å². The molecule has 2 rings (SSSR count). The van der Waals surface area contributed by atoms with Gasteiger partial charge in [0.25, 0.3) is 0 Å². The molecule has 0 aliphatic heterocycles. The highest BCUT2D eigenvalue weighted by molar-refractivity contribution is 6.31. The number of hydrogen-bond acceptors (Lipinski definition) is 2. The molecule has 1 atom stereocenters. The smallest absolute Gasteiger partial charge is 0.0719 e. The average Bonchev–Trinajstić information content (AvgIpc) is 2.28. The second-order valence-electron chi connectivity index (χ2n) is 4.65. The molecule has 0 saturated heterocycles. The van der Waals surface area contributed by atoms with E-state index in [-0.39, 0.29) is 12.0 Å². The molecule has 3 heteroatoms. The third-order valence-electron chi connectivity index (χ3n) is 2.99. The summed E-state index contributed by atoms with van der Waals surface area (Å²) in [5.74, 6) is 0.255. The largest absolute Gasteiger partial charge is 0.393 e. The first-order valence-electron chi connectivity index (χ1n) is 5.79. The maximum absolute atomic E-state index is 9.95. The molecular weight excluding hydrogens is 234 g/mol. The Balaban J connectivity index is 2.41. The zero-order valence-corrected chi connectivity index (χ0v) is 10.8. The molecule has 1 unspecified atom stereocenters. The number of pyridine rings is 1. The van der Waals surface area contributed by atoms with Gasteiger partial charge < -0.3 is 5.11 Å². The van der Waals surface area contributed by atoms with E-state index in [0.29, 0.717) is 11.4 Å². The molecule has 0 spiro atoms. The van der Waals surface area contributed by atoms with Crippen LogP contribution in [0.5, 0.6) is 0 Å². The van der Waals surface area contributed by atoms with Gasteiger partial charge in [-0.25, -0.2) is 0 Å². The van der Waals surface area contributed by atoms with Crippen molar-refractivity contribution in [2.45, 2.75) is 26.4 Å². The SMILES string of the molecule is CC(C)C(O)Cc1ccnc2cc(Cl)ccc12. The summed E-state index contributed by atoms with van der Waals surface area (Å²) < 4.78 is 0. The molecule has 1 heterocycles. The van der Waals surface area contributed by atoms with Gasteiger partial charge in [0.15, 0.2) is 0 Å². The zero-order valence-electron chi connectivity index (χ0n) is 10.0. The highest BCUT2D eigenvalue weighted by Gasteiger charge is 2.12. The maximum Gasteiger partial charge on any atom is 0.0719 e. The lowest BCUT2D eigenvalue weighted by Gasteiger charge is -2.15. The van der Waals surface area contributed by atoms with E-state index in [9.17, 15) is 5.11 Å². The first-order chi connectivity index (χ1) is 8.08. The van der Waals surface area contributed by atoms with Gasteiger partial charge in [-0.1, -0.05) is 31.5 Å². The van der Waals surface area contributed by atoms with E-state index in [4.69, 9.17) is 11.6 Å². The summed E-state index contributed by atoms with van der Waals surface area (Å²) in [6.45, 7) is 4.04. The second kappa shape index (κ2) is 5.03. The summed E-state index contributed by atoms with van der Waals surface area (Å²) in [5.41, 5.74) is 2.00. The molecule has 0 aliphatic rings. The summed E-state index contributed by atoms with van der Waals surface area (Å²) in [6.07, 6.45) is 2.09. The van der Waals surface area contributed by atoms with E-state index in [1.807, 2.05) is 38.1 Å². The fourth-order valence-electron chi connectivity index (χ4n) is 1.82. The molecule has 17 heavy (non-hydrogen) atoms. The van der Waals surface area contributed by atoms with Crippen molar-refractivity contribution in [2.75, 3.05) is 0 Å². The predicted molar refractivity (Wildman–Crippen MR) is 71.3 cm³/mol. The van der Waals surface area contributed by atoms with E-state index in [2.05, 4.69) is 4.98 Å². The average molecular weight is 250 g/mol. The predicted octanol–water partition coefficient (Wildman–Crippen LogP) is 3.45. The number of halogens is 1. The number of nitrogens with zero attached hydrogens (tertiary/aromatic N) is 1. The van der Waals surface area contributed by atoms with Crippen LogP contribution in [0.15, 0.2) is 30.5 Å². The molecule has 0 aliphatic carbocycles. The van der Waals surface area contributed by atoms with Crippen molar-refractivity contribution in [3.05, 3.63) is 41.0 Å². The number of rotatable bonds is 3. The van der Waals surface area contributed by atoms with E-state index < -0.39 is 0 Å². The van der Waals surface area contributed by atoms with Gasteiger partial charge in [-0.2, -0.15) is 0 Å². The Morgan fingerprint density at radius 2 is 2.06 bits per heavy atom. The first kappa shape index (κ1) is 12.3.